The second-order valence-corrected chi connectivity index (χ2v) is 6.19. The van der Waals surface area contributed by atoms with E-state index in [0.717, 1.165) is 38.5 Å². The predicted octanol–water partition coefficient (Wildman–Crippen LogP) is 3.20. The van der Waals surface area contributed by atoms with Gasteiger partial charge in [0.05, 0.1) is 18.4 Å². The van der Waals surface area contributed by atoms with Crippen molar-refractivity contribution in [2.24, 2.45) is 0 Å². The normalized spacial score (nSPS) is 15.4. The molecule has 124 valence electrons. The fraction of sp³-hybridized carbons (Fsp3) is 0.667. The van der Waals surface area contributed by atoms with E-state index in [4.69, 9.17) is 9.47 Å². The third-order valence-corrected chi connectivity index (χ3v) is 3.90. The lowest BCUT2D eigenvalue weighted by Gasteiger charge is -2.31. The topological polar surface area (TPSA) is 33.7 Å². The molecule has 0 radical (unpaired) electrons. The fourth-order valence-corrected chi connectivity index (χ4v) is 2.82. The van der Waals surface area contributed by atoms with E-state index >= 15 is 0 Å². The third-order valence-electron chi connectivity index (χ3n) is 3.90. The van der Waals surface area contributed by atoms with Crippen molar-refractivity contribution in [1.29, 1.82) is 0 Å². The molecule has 1 fully saturated rings. The monoisotopic (exact) mass is 306 g/mol. The molecular formula is C18H30N2O2. The maximum absolute atomic E-state index is 6.07. The van der Waals surface area contributed by atoms with Gasteiger partial charge in [-0.1, -0.05) is 6.07 Å². The van der Waals surface area contributed by atoms with Gasteiger partial charge in [-0.05, 0) is 50.8 Å². The first-order chi connectivity index (χ1) is 10.7. The zero-order valence-electron chi connectivity index (χ0n) is 14.2. The van der Waals surface area contributed by atoms with E-state index < -0.39 is 0 Å². The van der Waals surface area contributed by atoms with Crippen LogP contribution in [0.3, 0.4) is 0 Å². The fourth-order valence-electron chi connectivity index (χ4n) is 2.82. The minimum absolute atomic E-state index is 0.195. The van der Waals surface area contributed by atoms with Crippen LogP contribution in [0.4, 0.5) is 5.69 Å². The Morgan fingerprint density at radius 2 is 1.95 bits per heavy atom. The van der Waals surface area contributed by atoms with Crippen molar-refractivity contribution >= 4 is 5.69 Å². The Labute approximate surface area is 134 Å². The van der Waals surface area contributed by atoms with Crippen molar-refractivity contribution in [3.8, 4) is 5.75 Å². The summed E-state index contributed by atoms with van der Waals surface area (Å²) in [7, 11) is 1.73. The second kappa shape index (κ2) is 9.01. The van der Waals surface area contributed by atoms with E-state index in [-0.39, 0.29) is 6.10 Å². The maximum atomic E-state index is 6.07. The van der Waals surface area contributed by atoms with Crippen LogP contribution in [0.25, 0.3) is 0 Å². The highest BCUT2D eigenvalue weighted by molar-refractivity contribution is 5.60. The summed E-state index contributed by atoms with van der Waals surface area (Å²) < 4.78 is 11.1. The van der Waals surface area contributed by atoms with Gasteiger partial charge in [-0.25, -0.2) is 0 Å². The number of anilines is 1. The van der Waals surface area contributed by atoms with E-state index in [0.29, 0.717) is 0 Å². The van der Waals surface area contributed by atoms with Gasteiger partial charge >= 0.3 is 0 Å². The largest absolute Gasteiger partial charge is 0.489 e. The maximum Gasteiger partial charge on any atom is 0.143 e. The molecule has 1 aliphatic heterocycles. The molecule has 2 rings (SSSR count). The number of nitrogens with zero attached hydrogens (tertiary/aromatic N) is 1. The number of hydrogen-bond donors (Lipinski definition) is 1. The molecule has 0 saturated carbocycles. The van der Waals surface area contributed by atoms with Crippen LogP contribution >= 0.6 is 0 Å². The van der Waals surface area contributed by atoms with Crippen LogP contribution in [-0.4, -0.2) is 39.5 Å². The Kier molecular flexibility index (Phi) is 7.00. The molecule has 0 aliphatic carbocycles. The van der Waals surface area contributed by atoms with Crippen LogP contribution in [0, 0.1) is 0 Å². The molecule has 0 unspecified atom stereocenters. The van der Waals surface area contributed by atoms with E-state index in [1.54, 1.807) is 7.11 Å². The molecule has 4 heteroatoms. The van der Waals surface area contributed by atoms with Crippen molar-refractivity contribution in [3.05, 3.63) is 23.8 Å². The van der Waals surface area contributed by atoms with Crippen LogP contribution in [0.2, 0.25) is 0 Å². The predicted molar refractivity (Wildman–Crippen MR) is 91.9 cm³/mol. The SMILES string of the molecule is COCCNCc1ccc(N2CCCCC2)c(OC(C)C)c1. The average molecular weight is 306 g/mol. The Morgan fingerprint density at radius 1 is 1.18 bits per heavy atom. The molecule has 0 atom stereocenters. The average Bonchev–Trinajstić information content (AvgIpc) is 2.52. The lowest BCUT2D eigenvalue weighted by atomic mass is 10.1. The molecule has 1 aromatic rings. The van der Waals surface area contributed by atoms with Crippen LogP contribution in [0.5, 0.6) is 5.75 Å². The molecule has 0 bridgehead atoms. The van der Waals surface area contributed by atoms with Crippen molar-refractivity contribution in [2.75, 3.05) is 38.3 Å². The van der Waals surface area contributed by atoms with Crippen molar-refractivity contribution in [1.82, 2.24) is 5.32 Å². The summed E-state index contributed by atoms with van der Waals surface area (Å²) >= 11 is 0. The summed E-state index contributed by atoms with van der Waals surface area (Å²) in [6, 6.07) is 6.61. The quantitative estimate of drug-likeness (QED) is 0.748. The molecule has 0 spiro atoms. The highest BCUT2D eigenvalue weighted by atomic mass is 16.5. The first kappa shape index (κ1) is 17.1. The zero-order valence-corrected chi connectivity index (χ0v) is 14.2. The van der Waals surface area contributed by atoms with Gasteiger partial charge in [0, 0.05) is 33.3 Å². The van der Waals surface area contributed by atoms with Crippen LogP contribution in [0.1, 0.15) is 38.7 Å². The Morgan fingerprint density at radius 3 is 2.64 bits per heavy atom. The molecule has 0 amide bonds. The molecule has 4 nitrogen and oxygen atoms in total. The van der Waals surface area contributed by atoms with Crippen LogP contribution in [0.15, 0.2) is 18.2 Å². The first-order valence-corrected chi connectivity index (χ1v) is 8.45. The number of piperidine rings is 1. The molecule has 0 aromatic heterocycles. The minimum Gasteiger partial charge on any atom is -0.489 e. The Hall–Kier alpha value is -1.26. The molecular weight excluding hydrogens is 276 g/mol. The molecule has 1 N–H and O–H groups in total. The van der Waals surface area contributed by atoms with Gasteiger partial charge < -0.3 is 19.7 Å². The number of ether oxygens (including phenoxy) is 2. The molecule has 1 aliphatic rings. The van der Waals surface area contributed by atoms with Crippen LogP contribution in [-0.2, 0) is 11.3 Å². The molecule has 1 heterocycles. The lowest BCUT2D eigenvalue weighted by molar-refractivity contribution is 0.199. The van der Waals surface area contributed by atoms with Gasteiger partial charge in [0.15, 0.2) is 0 Å². The first-order valence-electron chi connectivity index (χ1n) is 8.45. The number of methoxy groups -OCH3 is 1. The van der Waals surface area contributed by atoms with E-state index in [9.17, 15) is 0 Å². The summed E-state index contributed by atoms with van der Waals surface area (Å²) in [5.74, 6) is 1.02. The highest BCUT2D eigenvalue weighted by Crippen LogP contribution is 2.32. The Balaban J connectivity index is 2.07. The van der Waals surface area contributed by atoms with E-state index in [1.807, 2.05) is 0 Å². The van der Waals surface area contributed by atoms with E-state index in [1.165, 1.54) is 30.5 Å². The van der Waals surface area contributed by atoms with Crippen LogP contribution < -0.4 is 15.0 Å². The molecule has 22 heavy (non-hydrogen) atoms. The van der Waals surface area contributed by atoms with Gasteiger partial charge in [-0.15, -0.1) is 0 Å². The van der Waals surface area contributed by atoms with Gasteiger partial charge in [-0.3, -0.25) is 0 Å². The number of hydrogen-bond acceptors (Lipinski definition) is 4. The van der Waals surface area contributed by atoms with E-state index in [2.05, 4.69) is 42.3 Å². The standard InChI is InChI=1S/C18H30N2O2/c1-15(2)22-18-13-16(14-19-9-12-21-3)7-8-17(18)20-10-5-4-6-11-20/h7-8,13,15,19H,4-6,9-12,14H2,1-3H3. The van der Waals surface area contributed by atoms with Gasteiger partial charge in [-0.2, -0.15) is 0 Å². The smallest absolute Gasteiger partial charge is 0.143 e. The summed E-state index contributed by atoms with van der Waals surface area (Å²) in [6.07, 6.45) is 4.10. The number of nitrogens with one attached hydrogen (secondary N) is 1. The van der Waals surface area contributed by atoms with Crippen molar-refractivity contribution in [2.45, 2.75) is 45.8 Å². The van der Waals surface area contributed by atoms with Crippen molar-refractivity contribution in [3.63, 3.8) is 0 Å². The summed E-state index contributed by atoms with van der Waals surface area (Å²) in [6.45, 7) is 8.90. The number of benzene rings is 1. The number of rotatable bonds is 8. The van der Waals surface area contributed by atoms with Gasteiger partial charge in [0.2, 0.25) is 0 Å². The zero-order chi connectivity index (χ0) is 15.8. The summed E-state index contributed by atoms with van der Waals surface area (Å²) in [4.78, 5) is 2.46. The molecule has 1 saturated heterocycles. The molecule has 1 aromatic carbocycles. The second-order valence-electron chi connectivity index (χ2n) is 6.19. The van der Waals surface area contributed by atoms with Crippen molar-refractivity contribution < 1.29 is 9.47 Å². The third kappa shape index (κ3) is 5.18. The minimum atomic E-state index is 0.195. The highest BCUT2D eigenvalue weighted by Gasteiger charge is 2.16. The summed E-state index contributed by atoms with van der Waals surface area (Å²) in [5, 5.41) is 3.39. The lowest BCUT2D eigenvalue weighted by Crippen LogP contribution is -2.30. The Bertz CT molecular complexity index is 443. The van der Waals surface area contributed by atoms with Gasteiger partial charge in [0.1, 0.15) is 5.75 Å². The van der Waals surface area contributed by atoms with Gasteiger partial charge in [0.25, 0.3) is 0 Å². The summed E-state index contributed by atoms with van der Waals surface area (Å²) in [5.41, 5.74) is 2.50.